The first-order valence-corrected chi connectivity index (χ1v) is 14.6. The van der Waals surface area contributed by atoms with E-state index in [1.54, 1.807) is 18.2 Å². The third-order valence-electron chi connectivity index (χ3n) is 8.60. The van der Waals surface area contributed by atoms with Crippen LogP contribution in [0.25, 0.3) is 71.0 Å². The van der Waals surface area contributed by atoms with E-state index in [-0.39, 0.29) is 0 Å². The summed E-state index contributed by atoms with van der Waals surface area (Å²) >= 11 is 0. The Labute approximate surface area is 263 Å². The van der Waals surface area contributed by atoms with Crippen molar-refractivity contribution in [3.8, 4) is 40.7 Å². The van der Waals surface area contributed by atoms with Crippen LogP contribution in [0.1, 0.15) is 16.7 Å². The molecule has 0 radical (unpaired) electrons. The number of rotatable bonds is 3. The van der Waals surface area contributed by atoms with E-state index in [4.69, 9.17) is 6.57 Å². The summed E-state index contributed by atoms with van der Waals surface area (Å²) in [4.78, 5) is 3.67. The van der Waals surface area contributed by atoms with Gasteiger partial charge in [0.2, 0.25) is 0 Å². The van der Waals surface area contributed by atoms with Crippen molar-refractivity contribution in [2.24, 2.45) is 0 Å². The molecule has 6 heteroatoms. The predicted molar refractivity (Wildman–Crippen MR) is 181 cm³/mol. The second-order valence-electron chi connectivity index (χ2n) is 11.1. The van der Waals surface area contributed by atoms with Crippen LogP contribution in [0.5, 0.6) is 0 Å². The van der Waals surface area contributed by atoms with E-state index in [1.807, 2.05) is 103 Å². The molecule has 0 atom stereocenters. The fourth-order valence-corrected chi connectivity index (χ4v) is 6.61. The minimum Gasteiger partial charge on any atom is -0.308 e. The fraction of sp³-hybridized carbons (Fsp3) is 0. The van der Waals surface area contributed by atoms with Crippen LogP contribution in [0.15, 0.2) is 121 Å². The third kappa shape index (κ3) is 3.86. The number of fused-ring (bicyclic) bond motifs is 6. The van der Waals surface area contributed by atoms with Crippen LogP contribution in [0, 0.1) is 40.6 Å². The van der Waals surface area contributed by atoms with Crippen molar-refractivity contribution < 1.29 is 0 Å². The Morgan fingerprint density at radius 1 is 0.478 bits per heavy atom. The van der Waals surface area contributed by atoms with E-state index >= 15 is 0 Å². The summed E-state index contributed by atoms with van der Waals surface area (Å²) in [6.07, 6.45) is 0. The van der Waals surface area contributed by atoms with Gasteiger partial charge in [0.1, 0.15) is 11.6 Å². The Morgan fingerprint density at radius 2 is 1.04 bits per heavy atom. The molecular formula is C40H20N6. The zero-order valence-electron chi connectivity index (χ0n) is 24.2. The van der Waals surface area contributed by atoms with Crippen molar-refractivity contribution in [1.82, 2.24) is 9.13 Å². The fourth-order valence-electron chi connectivity index (χ4n) is 6.61. The van der Waals surface area contributed by atoms with E-state index in [9.17, 15) is 15.8 Å². The second-order valence-corrected chi connectivity index (χ2v) is 11.1. The zero-order valence-corrected chi connectivity index (χ0v) is 24.2. The highest BCUT2D eigenvalue weighted by Gasteiger charge is 2.22. The predicted octanol–water partition coefficient (Wildman–Crippen LogP) is 9.71. The lowest BCUT2D eigenvalue weighted by atomic mass is 9.98. The molecule has 6 aromatic carbocycles. The molecule has 46 heavy (non-hydrogen) atoms. The average molecular weight is 585 g/mol. The first-order chi connectivity index (χ1) is 22.6. The SMILES string of the molecule is [C-]#[N+]c1ccc2c(c1)c1ccccc1n2-c1cc(-c2cccc(C#N)c2)cc(-n2c3ccccc3c3cc(C#N)ccc32)c1C#N. The molecule has 6 nitrogen and oxygen atoms in total. The minimum atomic E-state index is 0.462. The summed E-state index contributed by atoms with van der Waals surface area (Å²) in [6, 6.07) is 45.8. The van der Waals surface area contributed by atoms with Gasteiger partial charge in [0, 0.05) is 16.2 Å². The number of hydrogen-bond donors (Lipinski definition) is 0. The van der Waals surface area contributed by atoms with Gasteiger partial charge in [-0.3, -0.25) is 0 Å². The molecule has 8 aromatic rings. The van der Waals surface area contributed by atoms with Crippen LogP contribution < -0.4 is 0 Å². The lowest BCUT2D eigenvalue weighted by Crippen LogP contribution is -2.05. The van der Waals surface area contributed by atoms with Gasteiger partial charge in [0.05, 0.1) is 63.3 Å². The van der Waals surface area contributed by atoms with Gasteiger partial charge in [-0.05, 0) is 83.2 Å². The molecule has 0 fully saturated rings. The molecule has 0 N–H and O–H groups in total. The van der Waals surface area contributed by atoms with Gasteiger partial charge in [-0.25, -0.2) is 4.85 Å². The summed E-state index contributed by atoms with van der Waals surface area (Å²) < 4.78 is 4.19. The van der Waals surface area contributed by atoms with Crippen LogP contribution in [-0.2, 0) is 0 Å². The maximum absolute atomic E-state index is 11.0. The van der Waals surface area contributed by atoms with Gasteiger partial charge < -0.3 is 9.13 Å². The van der Waals surface area contributed by atoms with Gasteiger partial charge in [0.15, 0.2) is 5.69 Å². The van der Waals surface area contributed by atoms with Crippen LogP contribution in [0.2, 0.25) is 0 Å². The molecule has 0 bridgehead atoms. The molecule has 8 rings (SSSR count). The first-order valence-electron chi connectivity index (χ1n) is 14.6. The standard InChI is InChI=1S/C40H20N6/c1-44-29-14-16-38-33(21-29)31-10-3-5-12-36(31)46(38)40-20-28(27-8-6-7-25(17-27)22-41)19-39(34(40)24-43)45-35-11-4-2-9-30(35)32-18-26(23-42)13-15-37(32)45/h2-21H. The second kappa shape index (κ2) is 10.3. The van der Waals surface area contributed by atoms with Crippen molar-refractivity contribution in [1.29, 1.82) is 15.8 Å². The number of aromatic nitrogens is 2. The van der Waals surface area contributed by atoms with Crippen LogP contribution in [0.4, 0.5) is 5.69 Å². The summed E-state index contributed by atoms with van der Waals surface area (Å²) in [5.41, 5.74) is 8.69. The summed E-state index contributed by atoms with van der Waals surface area (Å²) in [6.45, 7) is 7.62. The van der Waals surface area contributed by atoms with Gasteiger partial charge in [-0.2, -0.15) is 15.8 Å². The molecule has 0 unspecified atom stereocenters. The maximum atomic E-state index is 11.0. The number of nitrogens with zero attached hydrogens (tertiary/aromatic N) is 6. The molecule has 0 aliphatic heterocycles. The summed E-state index contributed by atoms with van der Waals surface area (Å²) in [5, 5.41) is 34.2. The highest BCUT2D eigenvalue weighted by atomic mass is 15.0. The van der Waals surface area contributed by atoms with Crippen molar-refractivity contribution in [2.45, 2.75) is 0 Å². The van der Waals surface area contributed by atoms with E-state index < -0.39 is 0 Å². The molecule has 0 aliphatic rings. The maximum Gasteiger partial charge on any atom is 0.188 e. The topological polar surface area (TPSA) is 85.6 Å². The van der Waals surface area contributed by atoms with Gasteiger partial charge in [-0.15, -0.1) is 0 Å². The minimum absolute atomic E-state index is 0.462. The summed E-state index contributed by atoms with van der Waals surface area (Å²) in [7, 11) is 0. The number of benzene rings is 6. The van der Waals surface area contributed by atoms with Crippen molar-refractivity contribution in [3.05, 3.63) is 149 Å². The normalized spacial score (nSPS) is 11.0. The molecule has 210 valence electrons. The highest BCUT2D eigenvalue weighted by Crippen LogP contribution is 2.41. The lowest BCUT2D eigenvalue weighted by Gasteiger charge is -2.18. The van der Waals surface area contributed by atoms with Crippen LogP contribution in [0.3, 0.4) is 0 Å². The molecule has 2 aromatic heterocycles. The van der Waals surface area contributed by atoms with Crippen molar-refractivity contribution in [2.75, 3.05) is 0 Å². The van der Waals surface area contributed by atoms with Gasteiger partial charge in [-0.1, -0.05) is 54.6 Å². The molecular weight excluding hydrogens is 564 g/mol. The molecule has 0 aliphatic carbocycles. The summed E-state index contributed by atoms with van der Waals surface area (Å²) in [5.74, 6) is 0. The van der Waals surface area contributed by atoms with E-state index in [0.717, 1.165) is 54.7 Å². The Bertz CT molecular complexity index is 2600. The molecule has 0 spiro atoms. The van der Waals surface area contributed by atoms with E-state index in [1.165, 1.54) is 0 Å². The van der Waals surface area contributed by atoms with Crippen LogP contribution >= 0.6 is 0 Å². The monoisotopic (exact) mass is 584 g/mol. The van der Waals surface area contributed by atoms with Gasteiger partial charge >= 0.3 is 0 Å². The lowest BCUT2D eigenvalue weighted by molar-refractivity contribution is 1.12. The Balaban J connectivity index is 1.56. The number of nitriles is 3. The molecule has 0 amide bonds. The molecule has 2 heterocycles. The first kappa shape index (κ1) is 26.5. The van der Waals surface area contributed by atoms with E-state index in [2.05, 4.69) is 32.2 Å². The average Bonchev–Trinajstić information content (AvgIpc) is 3.63. The smallest absolute Gasteiger partial charge is 0.188 e. The van der Waals surface area contributed by atoms with Crippen molar-refractivity contribution in [3.63, 3.8) is 0 Å². The largest absolute Gasteiger partial charge is 0.308 e. The highest BCUT2D eigenvalue weighted by molar-refractivity contribution is 6.12. The van der Waals surface area contributed by atoms with Crippen LogP contribution in [-0.4, -0.2) is 9.13 Å². The van der Waals surface area contributed by atoms with Crippen molar-refractivity contribution >= 4 is 49.3 Å². The third-order valence-corrected chi connectivity index (χ3v) is 8.60. The Morgan fingerprint density at radius 3 is 1.65 bits per heavy atom. The molecule has 0 saturated carbocycles. The number of hydrogen-bond acceptors (Lipinski definition) is 3. The van der Waals surface area contributed by atoms with Gasteiger partial charge in [0.25, 0.3) is 0 Å². The Kier molecular flexibility index (Phi) is 5.91. The van der Waals surface area contributed by atoms with E-state index in [0.29, 0.717) is 33.8 Å². The Hall–Kier alpha value is -7.12. The zero-order chi connectivity index (χ0) is 31.4. The quantitative estimate of drug-likeness (QED) is 0.194. The molecule has 0 saturated heterocycles. The number of para-hydroxylation sites is 2.